The number of aliphatic hydroxyl groups excluding tert-OH is 1. The molecule has 2 atom stereocenters. The van der Waals surface area contributed by atoms with Crippen molar-refractivity contribution in [3.8, 4) is 0 Å². The molecule has 0 aliphatic carbocycles. The highest BCUT2D eigenvalue weighted by Crippen LogP contribution is 2.23. The Morgan fingerprint density at radius 3 is 2.71 bits per heavy atom. The van der Waals surface area contributed by atoms with E-state index in [4.69, 9.17) is 0 Å². The Labute approximate surface area is 129 Å². The molecule has 1 aliphatic heterocycles. The van der Waals surface area contributed by atoms with Crippen LogP contribution in [0.25, 0.3) is 0 Å². The zero-order valence-electron chi connectivity index (χ0n) is 13.5. The summed E-state index contributed by atoms with van der Waals surface area (Å²) in [7, 11) is 0. The van der Waals surface area contributed by atoms with Crippen LogP contribution < -0.4 is 5.32 Å². The summed E-state index contributed by atoms with van der Waals surface area (Å²) in [6.45, 7) is 8.03. The van der Waals surface area contributed by atoms with Crippen molar-refractivity contribution in [1.29, 1.82) is 0 Å². The molecular weight excluding hydrogens is 260 g/mol. The molecule has 0 radical (unpaired) electrons. The molecule has 2 rings (SSSR count). The average Bonchev–Trinajstić information content (AvgIpc) is 2.48. The second-order valence-electron chi connectivity index (χ2n) is 6.56. The van der Waals surface area contributed by atoms with E-state index in [1.54, 1.807) is 0 Å². The first-order valence-electron chi connectivity index (χ1n) is 8.32. The predicted molar refractivity (Wildman–Crippen MR) is 88.2 cm³/mol. The maximum atomic E-state index is 9.33. The zero-order chi connectivity index (χ0) is 15.1. The molecule has 118 valence electrons. The average molecular weight is 290 g/mol. The third kappa shape index (κ3) is 5.42. The minimum Gasteiger partial charge on any atom is -0.396 e. The van der Waals surface area contributed by atoms with Crippen LogP contribution in [-0.2, 0) is 6.54 Å². The van der Waals surface area contributed by atoms with Crippen LogP contribution in [0, 0.1) is 5.92 Å². The number of hydrogen-bond donors (Lipinski definition) is 2. The number of nitrogens with zero attached hydrogens (tertiary/aromatic N) is 1. The van der Waals surface area contributed by atoms with E-state index in [0.29, 0.717) is 18.0 Å². The van der Waals surface area contributed by atoms with Crippen molar-refractivity contribution >= 4 is 0 Å². The molecule has 3 nitrogen and oxygen atoms in total. The molecule has 1 heterocycles. The van der Waals surface area contributed by atoms with Gasteiger partial charge in [0.2, 0.25) is 0 Å². The summed E-state index contributed by atoms with van der Waals surface area (Å²) in [4.78, 5) is 2.57. The minimum atomic E-state index is 0.277. The molecule has 2 N–H and O–H groups in total. The highest BCUT2D eigenvalue weighted by molar-refractivity contribution is 5.14. The van der Waals surface area contributed by atoms with E-state index in [2.05, 4.69) is 54.4 Å². The molecule has 0 saturated carbocycles. The van der Waals surface area contributed by atoms with Crippen LogP contribution in [0.3, 0.4) is 0 Å². The summed E-state index contributed by atoms with van der Waals surface area (Å²) in [5.74, 6) is 0.650. The fraction of sp³-hybridized carbons (Fsp3) is 0.667. The summed E-state index contributed by atoms with van der Waals surface area (Å²) in [6, 6.07) is 11.6. The monoisotopic (exact) mass is 290 g/mol. The van der Waals surface area contributed by atoms with Gasteiger partial charge in [0.25, 0.3) is 0 Å². The van der Waals surface area contributed by atoms with Crippen molar-refractivity contribution in [2.45, 2.75) is 51.7 Å². The van der Waals surface area contributed by atoms with Crippen molar-refractivity contribution in [3.05, 3.63) is 35.9 Å². The van der Waals surface area contributed by atoms with Crippen LogP contribution in [-0.4, -0.2) is 41.8 Å². The first-order chi connectivity index (χ1) is 10.2. The summed E-state index contributed by atoms with van der Waals surface area (Å²) in [6.07, 6.45) is 3.40. The third-order valence-corrected chi connectivity index (χ3v) is 4.35. The summed E-state index contributed by atoms with van der Waals surface area (Å²) < 4.78 is 0. The van der Waals surface area contributed by atoms with Gasteiger partial charge >= 0.3 is 0 Å². The van der Waals surface area contributed by atoms with Crippen LogP contribution in [0.4, 0.5) is 0 Å². The highest BCUT2D eigenvalue weighted by atomic mass is 16.3. The quantitative estimate of drug-likeness (QED) is 0.810. The number of aliphatic hydroxyl groups is 1. The second-order valence-corrected chi connectivity index (χ2v) is 6.56. The van der Waals surface area contributed by atoms with Crippen molar-refractivity contribution < 1.29 is 5.11 Å². The van der Waals surface area contributed by atoms with Gasteiger partial charge in [0, 0.05) is 31.8 Å². The number of benzene rings is 1. The fourth-order valence-corrected chi connectivity index (χ4v) is 3.43. The smallest absolute Gasteiger partial charge is 0.0445 e. The first-order valence-corrected chi connectivity index (χ1v) is 8.32. The normalized spacial score (nSPS) is 21.6. The Morgan fingerprint density at radius 2 is 2.05 bits per heavy atom. The van der Waals surface area contributed by atoms with E-state index < -0.39 is 0 Å². The van der Waals surface area contributed by atoms with Gasteiger partial charge in [-0.3, -0.25) is 4.90 Å². The lowest BCUT2D eigenvalue weighted by Crippen LogP contribution is -2.47. The van der Waals surface area contributed by atoms with Crippen molar-refractivity contribution in [3.63, 3.8) is 0 Å². The molecule has 0 amide bonds. The van der Waals surface area contributed by atoms with E-state index in [9.17, 15) is 5.11 Å². The number of rotatable bonds is 7. The van der Waals surface area contributed by atoms with Gasteiger partial charge in [-0.25, -0.2) is 0 Å². The first kappa shape index (κ1) is 16.5. The maximum absolute atomic E-state index is 9.33. The molecule has 1 aliphatic rings. The summed E-state index contributed by atoms with van der Waals surface area (Å²) in [5, 5.41) is 13.0. The van der Waals surface area contributed by atoms with Gasteiger partial charge in [-0.15, -0.1) is 0 Å². The van der Waals surface area contributed by atoms with Gasteiger partial charge in [-0.1, -0.05) is 44.2 Å². The molecule has 1 aromatic rings. The van der Waals surface area contributed by atoms with E-state index in [1.165, 1.54) is 24.9 Å². The SMILES string of the molecule is CC(C)N[C@H](CCO)[C@@H]1CCCN(Cc2ccccc2)C1. The van der Waals surface area contributed by atoms with Crippen LogP contribution in [0.2, 0.25) is 0 Å². The minimum absolute atomic E-state index is 0.277. The van der Waals surface area contributed by atoms with Crippen LogP contribution in [0.1, 0.15) is 38.7 Å². The summed E-state index contributed by atoms with van der Waals surface area (Å²) in [5.41, 5.74) is 1.40. The lowest BCUT2D eigenvalue weighted by Gasteiger charge is -2.38. The van der Waals surface area contributed by atoms with E-state index in [-0.39, 0.29) is 6.61 Å². The van der Waals surface area contributed by atoms with Gasteiger partial charge < -0.3 is 10.4 Å². The van der Waals surface area contributed by atoms with Crippen LogP contribution >= 0.6 is 0 Å². The van der Waals surface area contributed by atoms with Gasteiger partial charge in [-0.05, 0) is 37.3 Å². The van der Waals surface area contributed by atoms with Crippen LogP contribution in [0.15, 0.2) is 30.3 Å². The van der Waals surface area contributed by atoms with E-state index in [1.807, 2.05) is 0 Å². The Hall–Kier alpha value is -0.900. The van der Waals surface area contributed by atoms with Gasteiger partial charge in [0.1, 0.15) is 0 Å². The second kappa shape index (κ2) is 8.52. The Bertz CT molecular complexity index is 393. The fourth-order valence-electron chi connectivity index (χ4n) is 3.43. The molecular formula is C18H30N2O. The topological polar surface area (TPSA) is 35.5 Å². The zero-order valence-corrected chi connectivity index (χ0v) is 13.5. The summed E-state index contributed by atoms with van der Waals surface area (Å²) >= 11 is 0. The predicted octanol–water partition coefficient (Wildman–Crippen LogP) is 2.65. The number of piperidine rings is 1. The Kier molecular flexibility index (Phi) is 6.68. The van der Waals surface area contributed by atoms with Crippen molar-refractivity contribution in [2.75, 3.05) is 19.7 Å². The van der Waals surface area contributed by atoms with E-state index in [0.717, 1.165) is 19.5 Å². The molecule has 0 spiro atoms. The third-order valence-electron chi connectivity index (χ3n) is 4.35. The molecule has 0 bridgehead atoms. The Morgan fingerprint density at radius 1 is 1.29 bits per heavy atom. The molecule has 1 fully saturated rings. The highest BCUT2D eigenvalue weighted by Gasteiger charge is 2.27. The van der Waals surface area contributed by atoms with Gasteiger partial charge in [0.05, 0.1) is 0 Å². The lowest BCUT2D eigenvalue weighted by molar-refractivity contribution is 0.124. The van der Waals surface area contributed by atoms with Crippen molar-refractivity contribution in [1.82, 2.24) is 10.2 Å². The standard InChI is InChI=1S/C18H30N2O/c1-15(2)19-18(10-12-21)17-9-6-11-20(14-17)13-16-7-4-3-5-8-16/h3-5,7-8,15,17-19,21H,6,9-14H2,1-2H3/t17-,18-/m1/s1. The maximum Gasteiger partial charge on any atom is 0.0445 e. The number of likely N-dealkylation sites (tertiary alicyclic amines) is 1. The largest absolute Gasteiger partial charge is 0.396 e. The molecule has 1 aromatic carbocycles. The van der Waals surface area contributed by atoms with Gasteiger partial charge in [0.15, 0.2) is 0 Å². The van der Waals surface area contributed by atoms with Gasteiger partial charge in [-0.2, -0.15) is 0 Å². The molecule has 1 saturated heterocycles. The number of hydrogen-bond acceptors (Lipinski definition) is 3. The van der Waals surface area contributed by atoms with Crippen LogP contribution in [0.5, 0.6) is 0 Å². The lowest BCUT2D eigenvalue weighted by atomic mass is 9.88. The van der Waals surface area contributed by atoms with Crippen molar-refractivity contribution in [2.24, 2.45) is 5.92 Å². The Balaban J connectivity index is 1.92. The van der Waals surface area contributed by atoms with E-state index >= 15 is 0 Å². The molecule has 0 aromatic heterocycles. The number of nitrogens with one attached hydrogen (secondary N) is 1. The molecule has 0 unspecified atom stereocenters. The molecule has 21 heavy (non-hydrogen) atoms. The molecule has 3 heteroatoms.